The lowest BCUT2D eigenvalue weighted by atomic mass is 9.25. The van der Waals surface area contributed by atoms with Crippen LogP contribution in [0.3, 0.4) is 0 Å². The molecule has 8 heteroatoms. The van der Waals surface area contributed by atoms with Crippen molar-refractivity contribution < 1.29 is 9.47 Å². The normalized spacial score (nSPS) is 50.2. The lowest BCUT2D eigenvalue weighted by Crippen LogP contribution is -2.75. The summed E-state index contributed by atoms with van der Waals surface area (Å²) in [6.45, 7) is 34.5. The van der Waals surface area contributed by atoms with Gasteiger partial charge in [-0.3, -0.25) is 0 Å². The summed E-state index contributed by atoms with van der Waals surface area (Å²) in [7, 11) is 0. The first-order valence-electron chi connectivity index (χ1n) is 28.7. The number of ether oxygens (including phenoxy) is 2. The largest absolute Gasteiger partial charge is 0.378 e. The van der Waals surface area contributed by atoms with Gasteiger partial charge >= 0.3 is 0 Å². The molecule has 8 fully saturated rings. The van der Waals surface area contributed by atoms with Crippen molar-refractivity contribution in [3.63, 3.8) is 0 Å². The zero-order valence-electron chi connectivity index (χ0n) is 44.7. The van der Waals surface area contributed by atoms with Gasteiger partial charge in [-0.15, -0.1) is 0 Å². The lowest BCUT2D eigenvalue weighted by Gasteiger charge is -2.80. The molecule has 0 aromatic heterocycles. The first-order chi connectivity index (χ1) is 31.5. The maximum absolute atomic E-state index is 9.27. The molecule has 8 aliphatic rings. The van der Waals surface area contributed by atoms with E-state index in [1.54, 1.807) is 0 Å². The van der Waals surface area contributed by atoms with Crippen LogP contribution in [-0.2, 0) is 9.47 Å². The molecular weight excluding hydrogens is 813 g/mol. The van der Waals surface area contributed by atoms with Gasteiger partial charge in [0.25, 0.3) is 0 Å². The molecule has 6 unspecified atom stereocenters. The number of hydrogen-bond donors (Lipinski definition) is 0. The van der Waals surface area contributed by atoms with Crippen molar-refractivity contribution >= 4 is 0 Å². The molecule has 8 nitrogen and oxygen atoms in total. The minimum Gasteiger partial charge on any atom is -0.378 e. The number of azide groups is 2. The van der Waals surface area contributed by atoms with Gasteiger partial charge in [-0.05, 0) is 216 Å². The fraction of sp³-hybridized carbons (Fsp3) is 1.00. The summed E-state index contributed by atoms with van der Waals surface area (Å²) < 4.78 is 15.3. The van der Waals surface area contributed by atoms with Crippen LogP contribution < -0.4 is 0 Å². The molecule has 22 atom stereocenters. The Hall–Kier alpha value is -1.46. The molecule has 0 saturated heterocycles. The van der Waals surface area contributed by atoms with Crippen molar-refractivity contribution in [1.29, 1.82) is 0 Å². The van der Waals surface area contributed by atoms with E-state index in [9.17, 15) is 11.1 Å². The monoisotopic (exact) mass is 913 g/mol. The molecule has 0 aromatic carbocycles. The maximum atomic E-state index is 9.27. The Morgan fingerprint density at radius 2 is 0.955 bits per heavy atom. The predicted octanol–water partition coefficient (Wildman–Crippen LogP) is 17.1. The molecule has 0 radical (unpaired) electrons. The number of fused-ring (bicyclic) bond motifs is 11. The van der Waals surface area contributed by atoms with Gasteiger partial charge in [-0.1, -0.05) is 132 Å². The highest BCUT2D eigenvalue weighted by atomic mass is 16.5. The Kier molecular flexibility index (Phi) is 15.1. The Balaban J connectivity index is 1.29. The van der Waals surface area contributed by atoms with Gasteiger partial charge in [0.05, 0.1) is 12.2 Å². The molecule has 8 rings (SSSR count). The van der Waals surface area contributed by atoms with E-state index in [1.807, 2.05) is 0 Å². The Bertz CT molecular complexity index is 1650. The van der Waals surface area contributed by atoms with E-state index in [1.165, 1.54) is 116 Å². The minimum absolute atomic E-state index is 0.133. The van der Waals surface area contributed by atoms with E-state index in [0.717, 1.165) is 36.5 Å². The van der Waals surface area contributed by atoms with E-state index in [-0.39, 0.29) is 33.9 Å². The molecule has 0 heterocycles. The second-order valence-electron chi connectivity index (χ2n) is 27.0. The zero-order chi connectivity index (χ0) is 47.5. The summed E-state index contributed by atoms with van der Waals surface area (Å²) in [6.07, 6.45) is 26.0. The van der Waals surface area contributed by atoms with E-state index in [2.05, 4.69) is 103 Å². The van der Waals surface area contributed by atoms with Crippen LogP contribution in [0, 0.1) is 115 Å². The van der Waals surface area contributed by atoms with Crippen molar-refractivity contribution in [2.75, 3.05) is 26.3 Å². The van der Waals surface area contributed by atoms with Crippen molar-refractivity contribution in [3.8, 4) is 0 Å². The lowest BCUT2D eigenvalue weighted by molar-refractivity contribution is -0.335. The molecule has 0 amide bonds. The summed E-state index contributed by atoms with van der Waals surface area (Å²) in [6, 6.07) is 0. The molecule has 0 bridgehead atoms. The van der Waals surface area contributed by atoms with Crippen LogP contribution in [0.15, 0.2) is 10.2 Å². The number of nitrogens with zero attached hydrogens (tertiary/aromatic N) is 6. The van der Waals surface area contributed by atoms with E-state index >= 15 is 0 Å². The summed E-state index contributed by atoms with van der Waals surface area (Å²) in [5, 5.41) is 8.02. The van der Waals surface area contributed by atoms with Gasteiger partial charge in [0.15, 0.2) is 0 Å². The van der Waals surface area contributed by atoms with E-state index in [4.69, 9.17) is 9.47 Å². The first-order valence-corrected chi connectivity index (χ1v) is 28.7. The molecule has 0 aromatic rings. The Labute approximate surface area is 404 Å². The minimum atomic E-state index is 0.133. The van der Waals surface area contributed by atoms with Crippen LogP contribution in [0.4, 0.5) is 0 Å². The topological polar surface area (TPSA) is 116 Å². The van der Waals surface area contributed by atoms with E-state index < -0.39 is 0 Å². The third-order valence-electron chi connectivity index (χ3n) is 24.8. The van der Waals surface area contributed by atoms with Crippen molar-refractivity contribution in [2.45, 2.75) is 224 Å². The van der Waals surface area contributed by atoms with Gasteiger partial charge in [-0.25, -0.2) is 0 Å². The third kappa shape index (κ3) is 7.69. The summed E-state index contributed by atoms with van der Waals surface area (Å²) >= 11 is 0. The summed E-state index contributed by atoms with van der Waals surface area (Å²) in [4.78, 5) is 6.30. The standard InChI is InChI=1S/C58H100N6O2/c1-13-17-39(5)43-19-21-45-51-47(31-41(7)55(43,45)11)53(9)25-23-37(3)33-57(53,35-49(51)65-29-15-27-61-63-59)58-34-38(4)24-26-54(58,10)48-32-42(8)56(12)44(40(6)18-14-2)20-22-46(56)52(48)50(36-58)66-30-16-28-62-64-60/h37-52H,13-36H2,1-12H3/t37-,38-,39-,40-,41+,42+,43-,44-,45+,46+,47+,48+,49?,50?,51?,52?,53-,54-,55-,56-,57?,58?/m1/s1. The van der Waals surface area contributed by atoms with Crippen molar-refractivity contribution in [2.24, 2.45) is 126 Å². The molecule has 8 aliphatic carbocycles. The van der Waals surface area contributed by atoms with Crippen molar-refractivity contribution in [1.82, 2.24) is 0 Å². The highest BCUT2D eigenvalue weighted by molar-refractivity contribution is 5.27. The highest BCUT2D eigenvalue weighted by Gasteiger charge is 2.79. The van der Waals surface area contributed by atoms with Gasteiger partial charge in [0.2, 0.25) is 0 Å². The number of hydrogen-bond acceptors (Lipinski definition) is 4. The van der Waals surface area contributed by atoms with Crippen LogP contribution >= 0.6 is 0 Å². The fourth-order valence-corrected chi connectivity index (χ4v) is 22.0. The fourth-order valence-electron chi connectivity index (χ4n) is 22.0. The quantitative estimate of drug-likeness (QED) is 0.0625. The van der Waals surface area contributed by atoms with Gasteiger partial charge in [0, 0.05) is 36.1 Å². The second kappa shape index (κ2) is 19.6. The van der Waals surface area contributed by atoms with Crippen LogP contribution in [0.5, 0.6) is 0 Å². The predicted molar refractivity (Wildman–Crippen MR) is 271 cm³/mol. The molecule has 374 valence electrons. The third-order valence-corrected chi connectivity index (χ3v) is 24.8. The average Bonchev–Trinajstić information content (AvgIpc) is 3.83. The molecule has 0 spiro atoms. The summed E-state index contributed by atoms with van der Waals surface area (Å²) in [5.41, 5.74) is 19.9. The van der Waals surface area contributed by atoms with Crippen LogP contribution in [0.25, 0.3) is 20.9 Å². The zero-order valence-corrected chi connectivity index (χ0v) is 44.7. The van der Waals surface area contributed by atoms with Crippen LogP contribution in [-0.4, -0.2) is 38.5 Å². The van der Waals surface area contributed by atoms with Crippen LogP contribution in [0.1, 0.15) is 212 Å². The highest BCUT2D eigenvalue weighted by Crippen LogP contribution is 2.84. The first kappa shape index (κ1) is 50.9. The SMILES string of the molecule is CCC[C@@H](C)[C@H]1CC[C@H]2C3C(OCCCN=[N+]=[N-])CC4(C56CC(OCCCN=[N+]=[N-])C7[C@@H]8CC[C@H]([C@H](C)CCC)[C@@]8(C)[C@@H](C)C[C@@H]7[C@@]5(C)CC[C@@H](C)C6)C[C@H](C)CC[C@]4(C)[C@H]3C[C@H](C)[C@]12C. The molecular formula is C58H100N6O2. The smallest absolute Gasteiger partial charge is 0.0614 e. The Morgan fingerprint density at radius 1 is 0.561 bits per heavy atom. The average molecular weight is 913 g/mol. The molecule has 0 N–H and O–H groups in total. The van der Waals surface area contributed by atoms with Crippen molar-refractivity contribution in [3.05, 3.63) is 20.9 Å². The van der Waals surface area contributed by atoms with Gasteiger partial charge < -0.3 is 9.47 Å². The molecule has 0 aliphatic heterocycles. The molecule has 8 saturated carbocycles. The maximum Gasteiger partial charge on any atom is 0.0614 e. The Morgan fingerprint density at radius 3 is 1.32 bits per heavy atom. The number of rotatable bonds is 17. The second-order valence-corrected chi connectivity index (χ2v) is 27.0. The molecule has 66 heavy (non-hydrogen) atoms. The van der Waals surface area contributed by atoms with Gasteiger partial charge in [-0.2, -0.15) is 0 Å². The van der Waals surface area contributed by atoms with E-state index in [0.29, 0.717) is 96.3 Å². The van der Waals surface area contributed by atoms with Crippen LogP contribution in [0.2, 0.25) is 0 Å². The van der Waals surface area contributed by atoms with Gasteiger partial charge in [0.1, 0.15) is 0 Å². The summed E-state index contributed by atoms with van der Waals surface area (Å²) in [5.74, 6) is 9.78.